The molecule has 1 unspecified atom stereocenters. The van der Waals surface area contributed by atoms with E-state index in [1.165, 1.54) is 42.5 Å². The van der Waals surface area contributed by atoms with Crippen LogP contribution in [0.3, 0.4) is 0 Å². The first-order valence-corrected chi connectivity index (χ1v) is 10.2. The van der Waals surface area contributed by atoms with Gasteiger partial charge in [-0.1, -0.05) is 6.07 Å². The fourth-order valence-corrected chi connectivity index (χ4v) is 3.56. The summed E-state index contributed by atoms with van der Waals surface area (Å²) in [7, 11) is 0. The highest BCUT2D eigenvalue weighted by atomic mass is 19.1. The van der Waals surface area contributed by atoms with Gasteiger partial charge >= 0.3 is 6.03 Å². The van der Waals surface area contributed by atoms with E-state index in [1.807, 2.05) is 0 Å². The first kappa shape index (κ1) is 21.7. The molecule has 0 spiro atoms. The van der Waals surface area contributed by atoms with Crippen LogP contribution in [0, 0.1) is 17.5 Å². The summed E-state index contributed by atoms with van der Waals surface area (Å²) in [5, 5.41) is 5.96. The predicted molar refractivity (Wildman–Crippen MR) is 115 cm³/mol. The Morgan fingerprint density at radius 1 is 0.938 bits per heavy atom. The normalized spacial score (nSPS) is 14.6. The highest BCUT2D eigenvalue weighted by Crippen LogP contribution is 2.25. The van der Waals surface area contributed by atoms with Crippen LogP contribution in [0.4, 0.5) is 23.7 Å². The van der Waals surface area contributed by atoms with Gasteiger partial charge in [0.1, 0.15) is 29.0 Å². The maximum absolute atomic E-state index is 13.9. The van der Waals surface area contributed by atoms with E-state index in [0.717, 1.165) is 0 Å². The zero-order valence-corrected chi connectivity index (χ0v) is 17.3. The average molecular weight is 441 g/mol. The fraction of sp³-hybridized carbons (Fsp3) is 0.208. The topological polar surface area (TPSA) is 53.6 Å². The lowest BCUT2D eigenvalue weighted by atomic mass is 10.0. The third-order valence-electron chi connectivity index (χ3n) is 5.24. The summed E-state index contributed by atoms with van der Waals surface area (Å²) in [6.07, 6.45) is 0. The van der Waals surface area contributed by atoms with Crippen LogP contribution >= 0.6 is 0 Å². The monoisotopic (exact) mass is 441 g/mol. The Balaban J connectivity index is 1.25. The van der Waals surface area contributed by atoms with Crippen LogP contribution < -0.4 is 15.4 Å². The molecular formula is C24H22F3N3O2. The minimum absolute atomic E-state index is 0.00153. The lowest BCUT2D eigenvalue weighted by molar-refractivity contribution is 0.143. The van der Waals surface area contributed by atoms with Gasteiger partial charge in [-0.3, -0.25) is 0 Å². The maximum Gasteiger partial charge on any atom is 0.321 e. The number of nitrogens with one attached hydrogen (secondary N) is 2. The van der Waals surface area contributed by atoms with E-state index in [4.69, 9.17) is 4.74 Å². The van der Waals surface area contributed by atoms with E-state index in [0.29, 0.717) is 30.3 Å². The molecule has 3 aromatic carbocycles. The lowest BCUT2D eigenvalue weighted by Crippen LogP contribution is -2.61. The van der Waals surface area contributed by atoms with E-state index in [2.05, 4.69) is 10.6 Å². The Hall–Kier alpha value is -3.52. The Bertz CT molecular complexity index is 1060. The third kappa shape index (κ3) is 5.03. The number of anilines is 1. The molecule has 0 radical (unpaired) electrons. The minimum Gasteiger partial charge on any atom is -0.457 e. The molecule has 1 atom stereocenters. The van der Waals surface area contributed by atoms with Crippen LogP contribution in [0.5, 0.6) is 11.5 Å². The molecule has 1 aliphatic rings. The largest absolute Gasteiger partial charge is 0.457 e. The maximum atomic E-state index is 13.9. The van der Waals surface area contributed by atoms with E-state index >= 15 is 0 Å². The predicted octanol–water partition coefficient (Wildman–Crippen LogP) is 5.46. The van der Waals surface area contributed by atoms with E-state index < -0.39 is 17.7 Å². The molecule has 0 saturated carbocycles. The number of carbonyl (C=O) groups excluding carboxylic acids is 1. The van der Waals surface area contributed by atoms with Crippen molar-refractivity contribution in [3.63, 3.8) is 0 Å². The Morgan fingerprint density at radius 2 is 1.50 bits per heavy atom. The SMILES string of the molecule is CC(NC1CN(C(=O)Nc2ccc(Oc3ccc(F)cc3)cc2)C1)c1c(F)cccc1F. The molecule has 0 aromatic heterocycles. The molecule has 1 heterocycles. The minimum atomic E-state index is -0.592. The summed E-state index contributed by atoms with van der Waals surface area (Å²) >= 11 is 0. The van der Waals surface area contributed by atoms with Gasteiger partial charge in [-0.25, -0.2) is 18.0 Å². The highest BCUT2D eigenvalue weighted by molar-refractivity contribution is 5.90. The summed E-state index contributed by atoms with van der Waals surface area (Å²) in [4.78, 5) is 14.0. The molecule has 32 heavy (non-hydrogen) atoms. The van der Waals surface area contributed by atoms with Crippen molar-refractivity contribution in [2.24, 2.45) is 0 Å². The Morgan fingerprint density at radius 3 is 2.09 bits per heavy atom. The van der Waals surface area contributed by atoms with E-state index in [-0.39, 0.29) is 23.5 Å². The summed E-state index contributed by atoms with van der Waals surface area (Å²) in [6.45, 7) is 2.55. The number of carbonyl (C=O) groups is 1. The number of halogens is 3. The van der Waals surface area contributed by atoms with Crippen molar-refractivity contribution in [1.29, 1.82) is 0 Å². The number of urea groups is 1. The van der Waals surface area contributed by atoms with E-state index in [9.17, 15) is 18.0 Å². The summed E-state index contributed by atoms with van der Waals surface area (Å²) < 4.78 is 46.4. The molecule has 8 heteroatoms. The van der Waals surface area contributed by atoms with Gasteiger partial charge in [-0.15, -0.1) is 0 Å². The first-order chi connectivity index (χ1) is 15.4. The molecule has 2 amide bonds. The Labute approximate surface area is 183 Å². The third-order valence-corrected chi connectivity index (χ3v) is 5.24. The summed E-state index contributed by atoms with van der Waals surface area (Å²) in [5.41, 5.74) is 0.595. The zero-order chi connectivity index (χ0) is 22.7. The van der Waals surface area contributed by atoms with Gasteiger partial charge in [-0.05, 0) is 67.6 Å². The molecule has 166 valence electrons. The molecule has 3 aromatic rings. The molecule has 5 nitrogen and oxygen atoms in total. The molecule has 2 N–H and O–H groups in total. The van der Waals surface area contributed by atoms with Gasteiger partial charge in [0.2, 0.25) is 0 Å². The number of nitrogens with zero attached hydrogens (tertiary/aromatic N) is 1. The Kier molecular flexibility index (Phi) is 6.32. The second-order valence-corrected chi connectivity index (χ2v) is 7.64. The van der Waals surface area contributed by atoms with Crippen molar-refractivity contribution in [2.75, 3.05) is 18.4 Å². The number of ether oxygens (including phenoxy) is 1. The van der Waals surface area contributed by atoms with Crippen LogP contribution in [0.1, 0.15) is 18.5 Å². The van der Waals surface area contributed by atoms with Crippen molar-refractivity contribution in [1.82, 2.24) is 10.2 Å². The lowest BCUT2D eigenvalue weighted by Gasteiger charge is -2.41. The molecule has 0 bridgehead atoms. The zero-order valence-electron chi connectivity index (χ0n) is 17.3. The van der Waals surface area contributed by atoms with Gasteiger partial charge < -0.3 is 20.3 Å². The quantitative estimate of drug-likeness (QED) is 0.534. The molecule has 1 aliphatic heterocycles. The van der Waals surface area contributed by atoms with Crippen molar-refractivity contribution >= 4 is 11.7 Å². The average Bonchev–Trinajstić information content (AvgIpc) is 2.73. The molecule has 1 saturated heterocycles. The smallest absolute Gasteiger partial charge is 0.321 e. The van der Waals surface area contributed by atoms with Crippen LogP contribution in [0.2, 0.25) is 0 Å². The number of rotatable bonds is 6. The van der Waals surface area contributed by atoms with Crippen LogP contribution in [-0.4, -0.2) is 30.1 Å². The van der Waals surface area contributed by atoms with Crippen molar-refractivity contribution in [2.45, 2.75) is 19.0 Å². The van der Waals surface area contributed by atoms with Crippen molar-refractivity contribution in [3.05, 3.63) is 89.7 Å². The van der Waals surface area contributed by atoms with Gasteiger partial charge in [0.05, 0.1) is 0 Å². The van der Waals surface area contributed by atoms with Gasteiger partial charge in [-0.2, -0.15) is 0 Å². The second kappa shape index (κ2) is 9.32. The first-order valence-electron chi connectivity index (χ1n) is 10.2. The van der Waals surface area contributed by atoms with E-state index in [1.54, 1.807) is 36.1 Å². The van der Waals surface area contributed by atoms with Gasteiger partial charge in [0.15, 0.2) is 0 Å². The standard InChI is InChI=1S/C24H22F3N3O2/c1-15(23-21(26)3-2-4-22(23)27)28-18-13-30(14-18)24(31)29-17-7-11-20(12-8-17)32-19-9-5-16(25)6-10-19/h2-12,15,18,28H,13-14H2,1H3,(H,29,31). The van der Waals surface area contributed by atoms with Crippen LogP contribution in [0.25, 0.3) is 0 Å². The summed E-state index contributed by atoms with van der Waals surface area (Å²) in [6, 6.07) is 15.4. The molecule has 0 aliphatic carbocycles. The van der Waals surface area contributed by atoms with Gasteiger partial charge in [0.25, 0.3) is 0 Å². The number of likely N-dealkylation sites (tertiary alicyclic amines) is 1. The number of amides is 2. The fourth-order valence-electron chi connectivity index (χ4n) is 3.56. The molecule has 1 fully saturated rings. The molecule has 4 rings (SSSR count). The molecular weight excluding hydrogens is 419 g/mol. The van der Waals surface area contributed by atoms with Gasteiger partial charge in [0, 0.05) is 36.4 Å². The number of benzene rings is 3. The second-order valence-electron chi connectivity index (χ2n) is 7.64. The number of hydrogen-bond acceptors (Lipinski definition) is 3. The van der Waals surface area contributed by atoms with Crippen molar-refractivity contribution in [3.8, 4) is 11.5 Å². The number of hydrogen-bond donors (Lipinski definition) is 2. The van der Waals surface area contributed by atoms with Crippen LogP contribution in [0.15, 0.2) is 66.7 Å². The highest BCUT2D eigenvalue weighted by Gasteiger charge is 2.32. The summed E-state index contributed by atoms with van der Waals surface area (Å²) in [5.74, 6) is -0.465. The van der Waals surface area contributed by atoms with Crippen LogP contribution in [-0.2, 0) is 0 Å². The van der Waals surface area contributed by atoms with Crippen molar-refractivity contribution < 1.29 is 22.7 Å².